The molecule has 0 bridgehead atoms. The van der Waals surface area contributed by atoms with Gasteiger partial charge in [0.1, 0.15) is 11.9 Å². The standard InChI is InChI=1S/C17H22FNO4/c1-11(23-13-6-4-2-3-5-7-13)16(20)19-15-10-12(17(21)22)8-9-14(15)18/h8-11,13H,2-7H2,1H3,(H,19,20)(H,21,22). The number of anilines is 1. The van der Waals surface area contributed by atoms with Gasteiger partial charge in [-0.3, -0.25) is 4.79 Å². The van der Waals surface area contributed by atoms with Crippen molar-refractivity contribution in [3.05, 3.63) is 29.6 Å². The minimum absolute atomic E-state index is 0.0495. The van der Waals surface area contributed by atoms with Crippen LogP contribution in [0, 0.1) is 5.82 Å². The number of carboxylic acid groups (broad SMARTS) is 1. The fourth-order valence-electron chi connectivity index (χ4n) is 2.72. The molecule has 126 valence electrons. The van der Waals surface area contributed by atoms with Crippen molar-refractivity contribution in [2.24, 2.45) is 0 Å². The third-order valence-electron chi connectivity index (χ3n) is 4.04. The molecule has 0 radical (unpaired) electrons. The largest absolute Gasteiger partial charge is 0.478 e. The number of ether oxygens (including phenoxy) is 1. The molecule has 2 rings (SSSR count). The van der Waals surface area contributed by atoms with Crippen LogP contribution in [0.1, 0.15) is 55.8 Å². The first-order chi connectivity index (χ1) is 11.0. The second-order valence-corrected chi connectivity index (χ2v) is 5.88. The Morgan fingerprint density at radius 3 is 2.52 bits per heavy atom. The van der Waals surface area contributed by atoms with Crippen molar-refractivity contribution in [2.45, 2.75) is 57.7 Å². The molecule has 0 aromatic heterocycles. The number of nitrogens with one attached hydrogen (secondary N) is 1. The van der Waals surface area contributed by atoms with E-state index in [4.69, 9.17) is 9.84 Å². The van der Waals surface area contributed by atoms with Gasteiger partial charge >= 0.3 is 5.97 Å². The summed E-state index contributed by atoms with van der Waals surface area (Å²) in [6.45, 7) is 1.62. The van der Waals surface area contributed by atoms with Crippen LogP contribution < -0.4 is 5.32 Å². The zero-order chi connectivity index (χ0) is 16.8. The number of aromatic carboxylic acids is 1. The van der Waals surface area contributed by atoms with E-state index in [9.17, 15) is 14.0 Å². The van der Waals surface area contributed by atoms with Crippen LogP contribution in [0.25, 0.3) is 0 Å². The average molecular weight is 323 g/mol. The average Bonchev–Trinajstić information content (AvgIpc) is 2.77. The van der Waals surface area contributed by atoms with Crippen molar-refractivity contribution < 1.29 is 23.8 Å². The van der Waals surface area contributed by atoms with E-state index < -0.39 is 23.8 Å². The lowest BCUT2D eigenvalue weighted by atomic mass is 10.1. The lowest BCUT2D eigenvalue weighted by Gasteiger charge is -2.20. The molecular formula is C17H22FNO4. The predicted octanol–water partition coefficient (Wildman–Crippen LogP) is 3.59. The number of halogens is 1. The molecule has 1 atom stereocenters. The molecule has 1 fully saturated rings. The second-order valence-electron chi connectivity index (χ2n) is 5.88. The number of carbonyl (C=O) groups is 2. The highest BCUT2D eigenvalue weighted by molar-refractivity contribution is 5.96. The minimum atomic E-state index is -1.18. The zero-order valence-electron chi connectivity index (χ0n) is 13.2. The molecule has 1 unspecified atom stereocenters. The number of amides is 1. The van der Waals surface area contributed by atoms with Gasteiger partial charge in [-0.2, -0.15) is 0 Å². The Balaban J connectivity index is 1.97. The second kappa shape index (κ2) is 8.06. The first-order valence-electron chi connectivity index (χ1n) is 7.96. The van der Waals surface area contributed by atoms with Crippen LogP contribution in [0.5, 0.6) is 0 Å². The number of carbonyl (C=O) groups excluding carboxylic acids is 1. The number of benzene rings is 1. The Bertz CT molecular complexity index is 568. The van der Waals surface area contributed by atoms with Crippen LogP contribution in [0.15, 0.2) is 18.2 Å². The summed E-state index contributed by atoms with van der Waals surface area (Å²) in [6.07, 6.45) is 5.75. The van der Waals surface area contributed by atoms with Crippen molar-refractivity contribution in [2.75, 3.05) is 5.32 Å². The molecule has 1 aromatic rings. The molecule has 1 aliphatic rings. The summed E-state index contributed by atoms with van der Waals surface area (Å²) < 4.78 is 19.5. The van der Waals surface area contributed by atoms with Gasteiger partial charge in [0.05, 0.1) is 17.4 Å². The number of rotatable bonds is 5. The first kappa shape index (κ1) is 17.4. The van der Waals surface area contributed by atoms with E-state index in [0.29, 0.717) is 0 Å². The Morgan fingerprint density at radius 2 is 1.91 bits per heavy atom. The quantitative estimate of drug-likeness (QED) is 0.812. The molecule has 5 nitrogen and oxygen atoms in total. The van der Waals surface area contributed by atoms with Gasteiger partial charge in [0, 0.05) is 0 Å². The zero-order valence-corrected chi connectivity index (χ0v) is 13.2. The normalized spacial score (nSPS) is 17.3. The highest BCUT2D eigenvalue weighted by atomic mass is 19.1. The SMILES string of the molecule is CC(OC1CCCCCC1)C(=O)Nc1cc(C(=O)O)ccc1F. The van der Waals surface area contributed by atoms with E-state index in [0.717, 1.165) is 43.9 Å². The lowest BCUT2D eigenvalue weighted by molar-refractivity contribution is -0.130. The van der Waals surface area contributed by atoms with Gasteiger partial charge < -0.3 is 15.2 Å². The van der Waals surface area contributed by atoms with Gasteiger partial charge in [0.2, 0.25) is 0 Å². The van der Waals surface area contributed by atoms with E-state index >= 15 is 0 Å². The highest BCUT2D eigenvalue weighted by Crippen LogP contribution is 2.22. The van der Waals surface area contributed by atoms with Gasteiger partial charge in [0.25, 0.3) is 5.91 Å². The topological polar surface area (TPSA) is 75.6 Å². The van der Waals surface area contributed by atoms with Gasteiger partial charge in [-0.15, -0.1) is 0 Å². The smallest absolute Gasteiger partial charge is 0.335 e. The summed E-state index contributed by atoms with van der Waals surface area (Å²) in [5.74, 6) is -2.33. The van der Waals surface area contributed by atoms with Crippen LogP contribution in [-0.2, 0) is 9.53 Å². The molecule has 0 heterocycles. The Hall–Kier alpha value is -1.95. The van der Waals surface area contributed by atoms with E-state index in [2.05, 4.69) is 5.32 Å². The molecule has 0 spiro atoms. The van der Waals surface area contributed by atoms with Crippen LogP contribution >= 0.6 is 0 Å². The fraction of sp³-hybridized carbons (Fsp3) is 0.529. The summed E-state index contributed by atoms with van der Waals surface area (Å²) in [5.41, 5.74) is -0.231. The van der Waals surface area contributed by atoms with E-state index in [1.165, 1.54) is 12.8 Å². The maximum absolute atomic E-state index is 13.7. The summed E-state index contributed by atoms with van der Waals surface area (Å²) in [5, 5.41) is 11.3. The Labute approximate surface area is 134 Å². The van der Waals surface area contributed by atoms with Crippen molar-refractivity contribution in [3.8, 4) is 0 Å². The van der Waals surface area contributed by atoms with Crippen LogP contribution in [0.4, 0.5) is 10.1 Å². The molecule has 0 aliphatic heterocycles. The van der Waals surface area contributed by atoms with Crippen molar-refractivity contribution in [1.29, 1.82) is 0 Å². The molecule has 1 aliphatic carbocycles. The molecule has 6 heteroatoms. The molecule has 1 aromatic carbocycles. The first-order valence-corrected chi connectivity index (χ1v) is 7.96. The molecular weight excluding hydrogens is 301 g/mol. The minimum Gasteiger partial charge on any atom is -0.478 e. The third-order valence-corrected chi connectivity index (χ3v) is 4.04. The number of hydrogen-bond acceptors (Lipinski definition) is 3. The van der Waals surface area contributed by atoms with Crippen molar-refractivity contribution in [3.63, 3.8) is 0 Å². The van der Waals surface area contributed by atoms with Crippen LogP contribution in [0.3, 0.4) is 0 Å². The molecule has 1 amide bonds. The maximum Gasteiger partial charge on any atom is 0.335 e. The molecule has 0 saturated heterocycles. The summed E-state index contributed by atoms with van der Waals surface area (Å²) >= 11 is 0. The van der Waals surface area contributed by atoms with Gasteiger partial charge in [-0.25, -0.2) is 9.18 Å². The van der Waals surface area contributed by atoms with Crippen molar-refractivity contribution >= 4 is 17.6 Å². The Morgan fingerprint density at radius 1 is 1.26 bits per heavy atom. The Kier molecular flexibility index (Phi) is 6.10. The summed E-state index contributed by atoms with van der Waals surface area (Å²) in [6, 6.07) is 3.28. The van der Waals surface area contributed by atoms with Gasteiger partial charge in [-0.1, -0.05) is 25.7 Å². The lowest BCUT2D eigenvalue weighted by Crippen LogP contribution is -2.32. The molecule has 23 heavy (non-hydrogen) atoms. The molecule has 2 N–H and O–H groups in total. The van der Waals surface area contributed by atoms with E-state index in [1.54, 1.807) is 6.92 Å². The predicted molar refractivity (Wildman–Crippen MR) is 84.0 cm³/mol. The van der Waals surface area contributed by atoms with E-state index in [1.807, 2.05) is 0 Å². The molecule has 1 saturated carbocycles. The summed E-state index contributed by atoms with van der Waals surface area (Å²) in [4.78, 5) is 23.1. The van der Waals surface area contributed by atoms with Crippen LogP contribution in [-0.4, -0.2) is 29.2 Å². The van der Waals surface area contributed by atoms with Gasteiger partial charge in [-0.05, 0) is 38.0 Å². The monoisotopic (exact) mass is 323 g/mol. The van der Waals surface area contributed by atoms with Gasteiger partial charge in [0.15, 0.2) is 0 Å². The fourth-order valence-corrected chi connectivity index (χ4v) is 2.72. The maximum atomic E-state index is 13.7. The van der Waals surface area contributed by atoms with Crippen LogP contribution in [0.2, 0.25) is 0 Å². The van der Waals surface area contributed by atoms with E-state index in [-0.39, 0.29) is 17.4 Å². The third kappa shape index (κ3) is 5.03. The number of hydrogen-bond donors (Lipinski definition) is 2. The summed E-state index contributed by atoms with van der Waals surface area (Å²) in [7, 11) is 0. The number of carboxylic acids is 1. The van der Waals surface area contributed by atoms with Crippen molar-refractivity contribution in [1.82, 2.24) is 0 Å². The highest BCUT2D eigenvalue weighted by Gasteiger charge is 2.21.